The van der Waals surface area contributed by atoms with E-state index in [1.54, 1.807) is 12.4 Å². The zero-order valence-electron chi connectivity index (χ0n) is 8.61. The van der Waals surface area contributed by atoms with Crippen LogP contribution in [0.1, 0.15) is 19.3 Å². The van der Waals surface area contributed by atoms with Crippen LogP contribution >= 0.6 is 23.4 Å². The van der Waals surface area contributed by atoms with Crippen LogP contribution in [-0.2, 0) is 0 Å². The zero-order chi connectivity index (χ0) is 10.7. The molecule has 1 fully saturated rings. The lowest BCUT2D eigenvalue weighted by molar-refractivity contribution is 0.745. The van der Waals surface area contributed by atoms with Gasteiger partial charge in [-0.1, -0.05) is 11.6 Å². The Hall–Kier alpha value is -0.480. The molecule has 1 saturated carbocycles. The van der Waals surface area contributed by atoms with E-state index >= 15 is 0 Å². The van der Waals surface area contributed by atoms with Crippen molar-refractivity contribution in [3.8, 4) is 0 Å². The van der Waals surface area contributed by atoms with Crippen molar-refractivity contribution in [1.29, 1.82) is 0 Å². The Kier molecular flexibility index (Phi) is 3.70. The summed E-state index contributed by atoms with van der Waals surface area (Å²) < 4.78 is 0. The van der Waals surface area contributed by atoms with Crippen molar-refractivity contribution in [2.24, 2.45) is 0 Å². The maximum absolute atomic E-state index is 5.72. The van der Waals surface area contributed by atoms with Gasteiger partial charge in [0.05, 0.1) is 17.4 Å². The van der Waals surface area contributed by atoms with Gasteiger partial charge in [0.25, 0.3) is 0 Å². The van der Waals surface area contributed by atoms with Gasteiger partial charge in [-0.25, -0.2) is 9.97 Å². The second-order valence-corrected chi connectivity index (χ2v) is 5.31. The molecule has 2 rings (SSSR count). The molecule has 3 nitrogen and oxygen atoms in total. The minimum absolute atomic E-state index is 0.517. The van der Waals surface area contributed by atoms with E-state index < -0.39 is 0 Å². The van der Waals surface area contributed by atoms with Gasteiger partial charge < -0.3 is 5.32 Å². The Morgan fingerprint density at radius 2 is 2.13 bits per heavy atom. The van der Waals surface area contributed by atoms with Gasteiger partial charge in [0.15, 0.2) is 0 Å². The second-order valence-electron chi connectivity index (χ2n) is 3.74. The maximum atomic E-state index is 5.72. The van der Waals surface area contributed by atoms with E-state index in [0.717, 1.165) is 5.25 Å². The van der Waals surface area contributed by atoms with Crippen LogP contribution in [0.15, 0.2) is 12.4 Å². The van der Waals surface area contributed by atoms with E-state index in [0.29, 0.717) is 17.0 Å². The quantitative estimate of drug-likeness (QED) is 0.886. The normalized spacial score (nSPS) is 25.5. The van der Waals surface area contributed by atoms with Gasteiger partial charge in [-0.2, -0.15) is 11.8 Å². The minimum Gasteiger partial charge on any atom is -0.351 e. The highest BCUT2D eigenvalue weighted by Crippen LogP contribution is 2.29. The lowest BCUT2D eigenvalue weighted by Crippen LogP contribution is -2.17. The fraction of sp³-hybridized carbons (Fsp3) is 0.600. The molecule has 2 unspecified atom stereocenters. The summed E-state index contributed by atoms with van der Waals surface area (Å²) in [4.78, 5) is 8.26. The molecule has 0 saturated heterocycles. The highest BCUT2D eigenvalue weighted by Gasteiger charge is 2.24. The third-order valence-electron chi connectivity index (χ3n) is 2.67. The highest BCUT2D eigenvalue weighted by atomic mass is 35.5. The molecule has 82 valence electrons. The zero-order valence-corrected chi connectivity index (χ0v) is 10.2. The lowest BCUT2D eigenvalue weighted by Gasteiger charge is -2.11. The molecule has 1 N–H and O–H groups in total. The van der Waals surface area contributed by atoms with E-state index in [-0.39, 0.29) is 0 Å². The molecule has 5 heteroatoms. The minimum atomic E-state index is 0.517. The molecule has 0 amide bonds. The molecule has 0 aliphatic heterocycles. The summed E-state index contributed by atoms with van der Waals surface area (Å²) >= 11 is 7.67. The van der Waals surface area contributed by atoms with Gasteiger partial charge >= 0.3 is 0 Å². The van der Waals surface area contributed by atoms with Crippen molar-refractivity contribution in [1.82, 2.24) is 9.97 Å². The predicted octanol–water partition coefficient (Wildman–Crippen LogP) is 2.83. The predicted molar refractivity (Wildman–Crippen MR) is 65.6 cm³/mol. The largest absolute Gasteiger partial charge is 0.351 e. The molecule has 0 aromatic carbocycles. The van der Waals surface area contributed by atoms with Crippen LogP contribution in [-0.4, -0.2) is 27.5 Å². The van der Waals surface area contributed by atoms with Crippen molar-refractivity contribution in [2.75, 3.05) is 11.6 Å². The van der Waals surface area contributed by atoms with E-state index in [9.17, 15) is 0 Å². The second kappa shape index (κ2) is 5.03. The van der Waals surface area contributed by atoms with Gasteiger partial charge in [-0.05, 0) is 25.5 Å². The van der Waals surface area contributed by atoms with Crippen LogP contribution in [0.4, 0.5) is 5.95 Å². The van der Waals surface area contributed by atoms with Gasteiger partial charge in [-0.15, -0.1) is 0 Å². The number of rotatable bonds is 3. The van der Waals surface area contributed by atoms with Crippen LogP contribution in [0.5, 0.6) is 0 Å². The van der Waals surface area contributed by atoms with Crippen molar-refractivity contribution in [2.45, 2.75) is 30.6 Å². The molecule has 1 aromatic heterocycles. The molecule has 1 heterocycles. The fourth-order valence-corrected chi connectivity index (χ4v) is 2.75. The Morgan fingerprint density at radius 1 is 1.40 bits per heavy atom. The number of nitrogens with one attached hydrogen (secondary N) is 1. The number of aromatic nitrogens is 2. The van der Waals surface area contributed by atoms with Gasteiger partial charge in [0, 0.05) is 11.3 Å². The average Bonchev–Trinajstić information content (AvgIpc) is 2.69. The summed E-state index contributed by atoms with van der Waals surface area (Å²) in [6.07, 6.45) is 9.11. The topological polar surface area (TPSA) is 37.8 Å². The molecule has 1 aromatic rings. The van der Waals surface area contributed by atoms with Gasteiger partial charge in [-0.3, -0.25) is 0 Å². The number of nitrogens with zero attached hydrogens (tertiary/aromatic N) is 2. The van der Waals surface area contributed by atoms with Crippen molar-refractivity contribution >= 4 is 29.3 Å². The molecule has 0 bridgehead atoms. The summed E-state index contributed by atoms with van der Waals surface area (Å²) in [5.41, 5.74) is 0. The van der Waals surface area contributed by atoms with E-state index in [4.69, 9.17) is 11.6 Å². The standard InChI is InChI=1S/C10H14ClN3S/c1-15-9-3-2-8(4-9)14-10-12-5-7(11)6-13-10/h5-6,8-9H,2-4H2,1H3,(H,12,13,14). The smallest absolute Gasteiger partial charge is 0.222 e. The van der Waals surface area contributed by atoms with Crippen LogP contribution in [0, 0.1) is 0 Å². The third kappa shape index (κ3) is 2.98. The highest BCUT2D eigenvalue weighted by molar-refractivity contribution is 7.99. The Balaban J connectivity index is 1.90. The summed E-state index contributed by atoms with van der Waals surface area (Å²) in [6, 6.07) is 0.517. The summed E-state index contributed by atoms with van der Waals surface area (Å²) in [5, 5.41) is 4.70. The van der Waals surface area contributed by atoms with Crippen molar-refractivity contribution in [3.63, 3.8) is 0 Å². The molecular weight excluding hydrogens is 230 g/mol. The Labute approximate surface area is 99.0 Å². The van der Waals surface area contributed by atoms with Crippen LogP contribution in [0.25, 0.3) is 0 Å². The van der Waals surface area contributed by atoms with Gasteiger partial charge in [0.1, 0.15) is 0 Å². The first-order valence-electron chi connectivity index (χ1n) is 5.05. The fourth-order valence-electron chi connectivity index (χ4n) is 1.85. The van der Waals surface area contributed by atoms with Crippen LogP contribution in [0.2, 0.25) is 5.02 Å². The SMILES string of the molecule is CSC1CCC(Nc2ncc(Cl)cn2)C1. The van der Waals surface area contributed by atoms with Gasteiger partial charge in [0.2, 0.25) is 5.95 Å². The first kappa shape index (κ1) is 11.0. The number of hydrogen-bond donors (Lipinski definition) is 1. The molecule has 15 heavy (non-hydrogen) atoms. The third-order valence-corrected chi connectivity index (χ3v) is 3.96. The molecule has 0 spiro atoms. The van der Waals surface area contributed by atoms with E-state index in [1.165, 1.54) is 19.3 Å². The summed E-state index contributed by atoms with van der Waals surface area (Å²) in [6.45, 7) is 0. The summed E-state index contributed by atoms with van der Waals surface area (Å²) in [5.74, 6) is 0.686. The monoisotopic (exact) mass is 243 g/mol. The number of halogens is 1. The molecule has 1 aliphatic rings. The number of anilines is 1. The van der Waals surface area contributed by atoms with Crippen molar-refractivity contribution < 1.29 is 0 Å². The molecule has 2 atom stereocenters. The molecule has 1 aliphatic carbocycles. The average molecular weight is 244 g/mol. The molecule has 0 radical (unpaired) electrons. The lowest BCUT2D eigenvalue weighted by atomic mass is 10.2. The van der Waals surface area contributed by atoms with Crippen LogP contribution < -0.4 is 5.32 Å². The first-order valence-corrected chi connectivity index (χ1v) is 6.71. The maximum Gasteiger partial charge on any atom is 0.222 e. The first-order chi connectivity index (χ1) is 7.28. The van der Waals surface area contributed by atoms with E-state index in [1.807, 2.05) is 11.8 Å². The van der Waals surface area contributed by atoms with E-state index in [2.05, 4.69) is 21.5 Å². The molecular formula is C10H14ClN3S. The number of hydrogen-bond acceptors (Lipinski definition) is 4. The number of thioether (sulfide) groups is 1. The van der Waals surface area contributed by atoms with Crippen molar-refractivity contribution in [3.05, 3.63) is 17.4 Å². The Morgan fingerprint density at radius 3 is 2.73 bits per heavy atom. The summed E-state index contributed by atoms with van der Waals surface area (Å²) in [7, 11) is 0. The Bertz CT molecular complexity index is 317. The van der Waals surface area contributed by atoms with Crippen LogP contribution in [0.3, 0.4) is 0 Å².